The summed E-state index contributed by atoms with van der Waals surface area (Å²) in [6.07, 6.45) is 0. The van der Waals surface area contributed by atoms with Crippen LogP contribution in [0.3, 0.4) is 0 Å². The van der Waals surface area contributed by atoms with Crippen molar-refractivity contribution in [2.24, 2.45) is 16.0 Å². The summed E-state index contributed by atoms with van der Waals surface area (Å²) in [4.78, 5) is 11.6. The van der Waals surface area contributed by atoms with E-state index in [0.717, 1.165) is 5.75 Å². The second kappa shape index (κ2) is 9.58. The molecule has 2 N–H and O–H groups in total. The highest BCUT2D eigenvalue weighted by atomic mass is 16.5. The van der Waals surface area contributed by atoms with E-state index in [4.69, 9.17) is 25.2 Å². The smallest absolute Gasteiger partial charge is 0.354 e. The Hall–Kier alpha value is -3.86. The first kappa shape index (κ1) is 19.5. The summed E-state index contributed by atoms with van der Waals surface area (Å²) in [6, 6.07) is 15.3. The normalized spacial score (nSPS) is 11.4. The number of hydrogen-bond donors (Lipinski definition) is 1. The molecule has 0 fully saturated rings. The number of nitrogens with two attached hydrogens (primary N) is 1. The fourth-order valence-electron chi connectivity index (χ4n) is 1.93. The predicted molar refractivity (Wildman–Crippen MR) is 97.7 cm³/mol. The number of carbonyl (C=O) groups excluding carboxylic acids is 1. The van der Waals surface area contributed by atoms with Crippen molar-refractivity contribution in [3.05, 3.63) is 60.0 Å². The summed E-state index contributed by atoms with van der Waals surface area (Å²) in [6.45, 7) is 1.76. The molecule has 0 saturated carbocycles. The molecule has 0 aliphatic heterocycles. The molecule has 27 heavy (non-hydrogen) atoms. The van der Waals surface area contributed by atoms with Crippen molar-refractivity contribution >= 4 is 17.3 Å². The number of nitrogens with zero attached hydrogens (tertiary/aromatic N) is 3. The lowest BCUT2D eigenvalue weighted by Gasteiger charge is -2.07. The van der Waals surface area contributed by atoms with Crippen molar-refractivity contribution in [3.63, 3.8) is 0 Å². The van der Waals surface area contributed by atoms with Crippen molar-refractivity contribution < 1.29 is 19.0 Å². The molecular weight excluding hydrogens is 348 g/mol. The van der Waals surface area contributed by atoms with Crippen LogP contribution in [0.5, 0.6) is 11.5 Å². The first-order valence-corrected chi connectivity index (χ1v) is 7.98. The molecule has 8 heteroatoms. The van der Waals surface area contributed by atoms with Gasteiger partial charge in [-0.15, -0.1) is 0 Å². The molecule has 0 heterocycles. The number of carbonyl (C=O) groups is 1. The molecule has 0 aliphatic carbocycles. The largest absolute Gasteiger partial charge is 0.497 e. The van der Waals surface area contributed by atoms with Crippen molar-refractivity contribution in [3.8, 4) is 17.6 Å². The Balaban J connectivity index is 2.06. The Morgan fingerprint density at radius 1 is 1.04 bits per heavy atom. The highest BCUT2D eigenvalue weighted by Gasteiger charge is 2.16. The first-order valence-electron chi connectivity index (χ1n) is 7.98. The van der Waals surface area contributed by atoms with Crippen LogP contribution < -0.4 is 15.2 Å². The molecule has 0 bridgehead atoms. The number of nitriles is 1. The van der Waals surface area contributed by atoms with Gasteiger partial charge in [-0.25, -0.2) is 4.79 Å². The molecule has 2 aromatic rings. The quantitative estimate of drug-likeness (QED) is 0.262. The molecule has 0 radical (unpaired) electrons. The van der Waals surface area contributed by atoms with E-state index in [9.17, 15) is 4.79 Å². The van der Waals surface area contributed by atoms with Crippen LogP contribution in [0.4, 0.5) is 11.4 Å². The van der Waals surface area contributed by atoms with Crippen LogP contribution in [0.15, 0.2) is 70.2 Å². The van der Waals surface area contributed by atoms with Gasteiger partial charge in [0.1, 0.15) is 17.6 Å². The summed E-state index contributed by atoms with van der Waals surface area (Å²) in [5.41, 5.74) is 6.55. The van der Waals surface area contributed by atoms with Crippen molar-refractivity contribution in [1.82, 2.24) is 0 Å². The van der Waals surface area contributed by atoms with E-state index in [1.165, 1.54) is 0 Å². The Labute approximate surface area is 156 Å². The monoisotopic (exact) mass is 366 g/mol. The van der Waals surface area contributed by atoms with E-state index < -0.39 is 5.97 Å². The molecule has 138 valence electrons. The molecule has 2 aromatic carbocycles. The molecule has 0 amide bonds. The first-order chi connectivity index (χ1) is 13.1. The third kappa shape index (κ3) is 5.57. The van der Waals surface area contributed by atoms with E-state index in [-0.39, 0.29) is 18.1 Å². The molecule has 0 aromatic heterocycles. The predicted octanol–water partition coefficient (Wildman–Crippen LogP) is 3.75. The van der Waals surface area contributed by atoms with Crippen LogP contribution in [0, 0.1) is 11.3 Å². The van der Waals surface area contributed by atoms with Gasteiger partial charge in [-0.1, -0.05) is 0 Å². The van der Waals surface area contributed by atoms with Gasteiger partial charge in [-0.05, 0) is 55.5 Å². The Morgan fingerprint density at radius 2 is 1.56 bits per heavy atom. The summed E-state index contributed by atoms with van der Waals surface area (Å²) < 4.78 is 15.2. The van der Waals surface area contributed by atoms with Crippen LogP contribution in [0.25, 0.3) is 0 Å². The lowest BCUT2D eigenvalue weighted by atomic mass is 10.3. The van der Waals surface area contributed by atoms with Gasteiger partial charge in [-0.2, -0.15) is 15.5 Å². The topological polar surface area (TPSA) is 119 Å². The standard InChI is InChI=1S/C19H18N4O4/c1-3-26-19(24)17(12-20)18(21)27-16-10-6-14(7-11-16)23-22-13-4-8-15(25-2)9-5-13/h4-11H,3,21H2,1-2H3/b18-17+,23-22?. The number of ether oxygens (including phenoxy) is 3. The van der Waals surface area contributed by atoms with Gasteiger partial charge in [0.2, 0.25) is 5.88 Å². The second-order valence-corrected chi connectivity index (χ2v) is 5.07. The molecule has 2 rings (SSSR count). The maximum absolute atomic E-state index is 11.6. The van der Waals surface area contributed by atoms with Crippen molar-refractivity contribution in [2.75, 3.05) is 13.7 Å². The average molecular weight is 366 g/mol. The van der Waals surface area contributed by atoms with Crippen LogP contribution in [0.2, 0.25) is 0 Å². The molecule has 0 spiro atoms. The van der Waals surface area contributed by atoms with Crippen LogP contribution >= 0.6 is 0 Å². The Kier molecular flexibility index (Phi) is 6.91. The summed E-state index contributed by atoms with van der Waals surface area (Å²) >= 11 is 0. The summed E-state index contributed by atoms with van der Waals surface area (Å²) in [5.74, 6) is -0.0837. The molecule has 0 atom stereocenters. The van der Waals surface area contributed by atoms with Gasteiger partial charge < -0.3 is 19.9 Å². The maximum Gasteiger partial charge on any atom is 0.354 e. The van der Waals surface area contributed by atoms with Gasteiger partial charge in [0.25, 0.3) is 0 Å². The number of rotatable bonds is 7. The second-order valence-electron chi connectivity index (χ2n) is 5.07. The maximum atomic E-state index is 11.6. The van der Waals surface area contributed by atoms with Crippen molar-refractivity contribution in [1.29, 1.82) is 5.26 Å². The summed E-state index contributed by atoms with van der Waals surface area (Å²) in [5, 5.41) is 17.3. The fraction of sp³-hybridized carbons (Fsp3) is 0.158. The van der Waals surface area contributed by atoms with Crippen LogP contribution in [-0.4, -0.2) is 19.7 Å². The Morgan fingerprint density at radius 3 is 2.00 bits per heavy atom. The highest BCUT2D eigenvalue weighted by Crippen LogP contribution is 2.23. The number of hydrogen-bond acceptors (Lipinski definition) is 8. The van der Waals surface area contributed by atoms with Gasteiger partial charge in [0.15, 0.2) is 5.57 Å². The molecule has 8 nitrogen and oxygen atoms in total. The third-order valence-corrected chi connectivity index (χ3v) is 3.26. The zero-order valence-corrected chi connectivity index (χ0v) is 14.9. The zero-order valence-electron chi connectivity index (χ0n) is 14.9. The lowest BCUT2D eigenvalue weighted by molar-refractivity contribution is -0.138. The minimum Gasteiger partial charge on any atom is -0.497 e. The van der Waals surface area contributed by atoms with E-state index in [1.807, 2.05) is 0 Å². The molecule has 0 unspecified atom stereocenters. The third-order valence-electron chi connectivity index (χ3n) is 3.26. The van der Waals surface area contributed by atoms with E-state index in [2.05, 4.69) is 10.2 Å². The number of esters is 1. The SMILES string of the molecule is CCOC(=O)/C(C#N)=C(\N)Oc1ccc(N=Nc2ccc(OC)cc2)cc1. The van der Waals surface area contributed by atoms with E-state index in [1.54, 1.807) is 68.6 Å². The number of benzene rings is 2. The van der Waals surface area contributed by atoms with Gasteiger partial charge in [0.05, 0.1) is 25.1 Å². The van der Waals surface area contributed by atoms with Gasteiger partial charge in [-0.3, -0.25) is 0 Å². The number of azo groups is 1. The van der Waals surface area contributed by atoms with Gasteiger partial charge in [0, 0.05) is 0 Å². The average Bonchev–Trinajstić information content (AvgIpc) is 2.68. The lowest BCUT2D eigenvalue weighted by Crippen LogP contribution is -2.16. The fourth-order valence-corrected chi connectivity index (χ4v) is 1.93. The van der Waals surface area contributed by atoms with Crippen LogP contribution in [-0.2, 0) is 9.53 Å². The summed E-state index contributed by atoms with van der Waals surface area (Å²) in [7, 11) is 1.59. The molecular formula is C19H18N4O4. The van der Waals surface area contributed by atoms with Gasteiger partial charge >= 0.3 is 5.97 Å². The minimum atomic E-state index is -0.831. The van der Waals surface area contributed by atoms with E-state index >= 15 is 0 Å². The highest BCUT2D eigenvalue weighted by molar-refractivity contribution is 5.93. The minimum absolute atomic E-state index is 0.130. The Bertz CT molecular complexity index is 881. The molecule has 0 aliphatic rings. The zero-order chi connectivity index (χ0) is 19.6. The van der Waals surface area contributed by atoms with Crippen molar-refractivity contribution in [2.45, 2.75) is 6.92 Å². The van der Waals surface area contributed by atoms with Crippen LogP contribution in [0.1, 0.15) is 6.92 Å². The van der Waals surface area contributed by atoms with E-state index in [0.29, 0.717) is 17.1 Å². The number of methoxy groups -OCH3 is 1. The molecule has 0 saturated heterocycles.